The molecule has 4 nitrogen and oxygen atoms in total. The summed E-state index contributed by atoms with van der Waals surface area (Å²) in [4.78, 5) is 21.0. The zero-order chi connectivity index (χ0) is 13.7. The second kappa shape index (κ2) is 6.23. The van der Waals surface area contributed by atoms with E-state index >= 15 is 0 Å². The minimum Gasteiger partial charge on any atom is -0.348 e. The highest BCUT2D eigenvalue weighted by molar-refractivity contribution is 7.47. The van der Waals surface area contributed by atoms with Crippen molar-refractivity contribution < 1.29 is 14.3 Å². The summed E-state index contributed by atoms with van der Waals surface area (Å²) in [5, 5.41) is 3.08. The van der Waals surface area contributed by atoms with Gasteiger partial charge in [-0.1, -0.05) is 36.4 Å². The molecule has 1 atom stereocenters. The molecule has 5 heteroatoms. The highest BCUT2D eigenvalue weighted by atomic mass is 31.1. The molecule has 2 N–H and O–H groups in total. The van der Waals surface area contributed by atoms with E-state index in [0.29, 0.717) is 16.4 Å². The van der Waals surface area contributed by atoms with Crippen molar-refractivity contribution in [3.05, 3.63) is 65.7 Å². The van der Waals surface area contributed by atoms with E-state index in [1.54, 1.807) is 48.5 Å². The molecule has 0 bridgehead atoms. The molecule has 0 aromatic heterocycles. The fraction of sp³-hybridized carbons (Fsp3) is 0.0714. The lowest BCUT2D eigenvalue weighted by Gasteiger charge is -2.05. The Kier molecular flexibility index (Phi) is 4.39. The largest absolute Gasteiger partial charge is 0.546 e. The molecule has 96 valence electrons. The summed E-state index contributed by atoms with van der Waals surface area (Å²) < 4.78 is 11.2. The Hall–Kier alpha value is -2.03. The Morgan fingerprint density at radius 1 is 1.05 bits per heavy atom. The predicted molar refractivity (Wildman–Crippen MR) is 73.5 cm³/mol. The van der Waals surface area contributed by atoms with Crippen LogP contribution in [0.2, 0.25) is 0 Å². The number of rotatable bonds is 4. The van der Waals surface area contributed by atoms with E-state index in [1.807, 2.05) is 6.07 Å². The Balaban J connectivity index is 2.07. The number of nitrogens with one attached hydrogen (secondary N) is 1. The number of hydrogen-bond acceptors (Lipinski definition) is 2. The van der Waals surface area contributed by atoms with Crippen molar-refractivity contribution in [3.63, 3.8) is 0 Å². The first kappa shape index (κ1) is 13.4. The molecule has 0 aliphatic carbocycles. The summed E-state index contributed by atoms with van der Waals surface area (Å²) in [5.41, 5.74) is 1.21. The van der Waals surface area contributed by atoms with Crippen LogP contribution in [0, 0.1) is 0 Å². The average Bonchev–Trinajstić information content (AvgIpc) is 2.46. The van der Waals surface area contributed by atoms with Crippen LogP contribution in [0.3, 0.4) is 0 Å². The summed E-state index contributed by atoms with van der Waals surface area (Å²) >= 11 is 0. The van der Waals surface area contributed by atoms with Gasteiger partial charge in [0.05, 0.1) is 0 Å². The Bertz CT molecular complexity index is 599. The number of hydrogen-bond donors (Lipinski definition) is 2. The quantitative estimate of drug-likeness (QED) is 0.838. The normalized spacial score (nSPS) is 10.9. The molecule has 0 radical (unpaired) electrons. The summed E-state index contributed by atoms with van der Waals surface area (Å²) in [6.07, 6.45) is 0. The standard InChI is InChI=1S/C14H12NO3P/c16-14(11-6-2-1-3-7-11)15-10-12-8-4-5-9-13(12)19(17)18/h1-9H,10H2,(H-,15,16,17,18)/p+1. The average molecular weight is 274 g/mol. The summed E-state index contributed by atoms with van der Waals surface area (Å²) in [7, 11) is -2.40. The third-order valence-electron chi connectivity index (χ3n) is 2.67. The van der Waals surface area contributed by atoms with Gasteiger partial charge >= 0.3 is 8.03 Å². The van der Waals surface area contributed by atoms with Crippen LogP contribution >= 0.6 is 8.03 Å². The first-order valence-corrected chi connectivity index (χ1v) is 6.97. The van der Waals surface area contributed by atoms with Gasteiger partial charge in [0.25, 0.3) is 5.91 Å². The molecule has 0 saturated carbocycles. The minimum atomic E-state index is -2.40. The van der Waals surface area contributed by atoms with E-state index in [0.717, 1.165) is 0 Å². The van der Waals surface area contributed by atoms with E-state index in [-0.39, 0.29) is 12.5 Å². The maximum absolute atomic E-state index is 11.9. The molecule has 2 aromatic carbocycles. The van der Waals surface area contributed by atoms with E-state index in [1.165, 1.54) is 0 Å². The molecule has 1 unspecified atom stereocenters. The van der Waals surface area contributed by atoms with Crippen LogP contribution in [0.15, 0.2) is 54.6 Å². The smallest absolute Gasteiger partial charge is 0.348 e. The molecule has 0 spiro atoms. The molecule has 2 rings (SSSR count). The lowest BCUT2D eigenvalue weighted by Crippen LogP contribution is -2.25. The maximum Gasteiger partial charge on any atom is 0.546 e. The molecule has 0 aliphatic heterocycles. The van der Waals surface area contributed by atoms with Crippen LogP contribution in [-0.2, 0) is 11.1 Å². The summed E-state index contributed by atoms with van der Waals surface area (Å²) in [6, 6.07) is 15.6. The predicted octanol–water partition coefficient (Wildman–Crippen LogP) is 1.98. The second-order valence-corrected chi connectivity index (χ2v) is 4.98. The van der Waals surface area contributed by atoms with Crippen LogP contribution in [0.4, 0.5) is 0 Å². The van der Waals surface area contributed by atoms with Crippen molar-refractivity contribution >= 4 is 19.2 Å². The highest BCUT2D eigenvalue weighted by Crippen LogP contribution is 2.15. The molecular weight excluding hydrogens is 261 g/mol. The van der Waals surface area contributed by atoms with Gasteiger partial charge in [-0.2, -0.15) is 4.89 Å². The van der Waals surface area contributed by atoms with Crippen molar-refractivity contribution in [1.29, 1.82) is 0 Å². The first-order valence-electron chi connectivity index (χ1n) is 5.76. The van der Waals surface area contributed by atoms with Gasteiger partial charge in [-0.15, -0.1) is 0 Å². The monoisotopic (exact) mass is 274 g/mol. The number of carbonyl (C=O) groups excluding carboxylic acids is 1. The van der Waals surface area contributed by atoms with Crippen LogP contribution in [0.5, 0.6) is 0 Å². The van der Waals surface area contributed by atoms with Crippen LogP contribution < -0.4 is 10.6 Å². The number of amides is 1. The van der Waals surface area contributed by atoms with E-state index in [2.05, 4.69) is 5.32 Å². The molecule has 0 aliphatic rings. The summed E-state index contributed by atoms with van der Waals surface area (Å²) in [5.74, 6) is -0.205. The van der Waals surface area contributed by atoms with Crippen LogP contribution in [-0.4, -0.2) is 10.8 Å². The van der Waals surface area contributed by atoms with Crippen LogP contribution in [0.25, 0.3) is 0 Å². The van der Waals surface area contributed by atoms with E-state index < -0.39 is 8.03 Å². The van der Waals surface area contributed by atoms with Gasteiger partial charge in [-0.05, 0) is 22.8 Å². The molecule has 0 fully saturated rings. The van der Waals surface area contributed by atoms with Gasteiger partial charge < -0.3 is 5.32 Å². The topological polar surface area (TPSA) is 66.4 Å². The fourth-order valence-corrected chi connectivity index (χ4v) is 2.33. The molecule has 2 aromatic rings. The SMILES string of the molecule is O=C(NCc1ccccc1[P+](=O)O)c1ccccc1. The van der Waals surface area contributed by atoms with Gasteiger partial charge in [0, 0.05) is 17.7 Å². The second-order valence-electron chi connectivity index (χ2n) is 3.95. The minimum absolute atomic E-state index is 0.205. The Labute approximate surface area is 112 Å². The molecule has 1 amide bonds. The molecular formula is C14H13NO3P+. The van der Waals surface area contributed by atoms with E-state index in [4.69, 9.17) is 0 Å². The molecule has 19 heavy (non-hydrogen) atoms. The lowest BCUT2D eigenvalue weighted by molar-refractivity contribution is 0.0951. The zero-order valence-electron chi connectivity index (χ0n) is 10.1. The van der Waals surface area contributed by atoms with Gasteiger partial charge in [0.15, 0.2) is 0 Å². The zero-order valence-corrected chi connectivity index (χ0v) is 11.0. The third-order valence-corrected chi connectivity index (χ3v) is 3.52. The van der Waals surface area contributed by atoms with Crippen LogP contribution in [0.1, 0.15) is 15.9 Å². The third kappa shape index (κ3) is 3.47. The highest BCUT2D eigenvalue weighted by Gasteiger charge is 2.20. The number of benzene rings is 2. The van der Waals surface area contributed by atoms with Gasteiger partial charge in [0.1, 0.15) is 0 Å². The van der Waals surface area contributed by atoms with Crippen molar-refractivity contribution in [2.24, 2.45) is 0 Å². The van der Waals surface area contributed by atoms with Crippen molar-refractivity contribution in [1.82, 2.24) is 5.32 Å². The molecule has 0 heterocycles. The number of carbonyl (C=O) groups is 1. The van der Waals surface area contributed by atoms with Gasteiger partial charge in [-0.3, -0.25) is 4.79 Å². The lowest BCUT2D eigenvalue weighted by atomic mass is 10.2. The van der Waals surface area contributed by atoms with Crippen molar-refractivity contribution in [3.8, 4) is 0 Å². The van der Waals surface area contributed by atoms with Crippen molar-refractivity contribution in [2.75, 3.05) is 0 Å². The van der Waals surface area contributed by atoms with Gasteiger partial charge in [-0.25, -0.2) is 0 Å². The maximum atomic E-state index is 11.9. The first-order chi connectivity index (χ1) is 9.18. The van der Waals surface area contributed by atoms with E-state index in [9.17, 15) is 14.3 Å². The fourth-order valence-electron chi connectivity index (χ4n) is 1.71. The Morgan fingerprint density at radius 2 is 1.68 bits per heavy atom. The molecule has 0 saturated heterocycles. The van der Waals surface area contributed by atoms with Crippen molar-refractivity contribution in [2.45, 2.75) is 6.54 Å². The van der Waals surface area contributed by atoms with Gasteiger partial charge in [0.2, 0.25) is 5.30 Å². The summed E-state index contributed by atoms with van der Waals surface area (Å²) in [6.45, 7) is 0.228. The Morgan fingerprint density at radius 3 is 2.37 bits per heavy atom.